The Hall–Kier alpha value is -2.96. The van der Waals surface area contributed by atoms with Gasteiger partial charge in [0.05, 0.1) is 17.9 Å². The van der Waals surface area contributed by atoms with Crippen LogP contribution in [0.25, 0.3) is 11.3 Å². The second-order valence-corrected chi connectivity index (χ2v) is 6.72. The molecular formula is C19H22N6O. The van der Waals surface area contributed by atoms with Crippen LogP contribution in [0.5, 0.6) is 0 Å². The Kier molecular flexibility index (Phi) is 4.51. The zero-order valence-electron chi connectivity index (χ0n) is 14.8. The van der Waals surface area contributed by atoms with Crippen molar-refractivity contribution in [1.82, 2.24) is 29.7 Å². The van der Waals surface area contributed by atoms with E-state index in [0.29, 0.717) is 6.54 Å². The first-order chi connectivity index (χ1) is 12.7. The van der Waals surface area contributed by atoms with Crippen molar-refractivity contribution in [2.24, 2.45) is 0 Å². The quantitative estimate of drug-likeness (QED) is 0.724. The standard InChI is InChI=1S/C19H22N6O/c1-15-7-12-24(21-15)14-19(26)23-10-8-17(9-11-23)25-13-18(20-22-25)16-5-3-2-4-6-16/h2-7,12-13,17H,8-11,14H2,1H3. The van der Waals surface area contributed by atoms with Crippen LogP contribution in [0.4, 0.5) is 0 Å². The maximum absolute atomic E-state index is 12.4. The molecule has 3 heterocycles. The average molecular weight is 350 g/mol. The highest BCUT2D eigenvalue weighted by molar-refractivity contribution is 5.76. The smallest absolute Gasteiger partial charge is 0.244 e. The minimum Gasteiger partial charge on any atom is -0.341 e. The van der Waals surface area contributed by atoms with E-state index in [0.717, 1.165) is 42.9 Å². The molecule has 0 bridgehead atoms. The molecule has 26 heavy (non-hydrogen) atoms. The topological polar surface area (TPSA) is 68.8 Å². The summed E-state index contributed by atoms with van der Waals surface area (Å²) in [6.45, 7) is 3.71. The fraction of sp³-hybridized carbons (Fsp3) is 0.368. The van der Waals surface area contributed by atoms with Gasteiger partial charge in [-0.3, -0.25) is 9.48 Å². The predicted octanol–water partition coefficient (Wildman–Crippen LogP) is 2.31. The first kappa shape index (κ1) is 16.5. The van der Waals surface area contributed by atoms with Crippen LogP contribution < -0.4 is 0 Å². The summed E-state index contributed by atoms with van der Waals surface area (Å²) in [4.78, 5) is 14.4. The van der Waals surface area contributed by atoms with E-state index in [1.807, 2.05) is 65.3 Å². The number of rotatable bonds is 4. The second-order valence-electron chi connectivity index (χ2n) is 6.72. The maximum Gasteiger partial charge on any atom is 0.244 e. The third-order valence-electron chi connectivity index (χ3n) is 4.84. The molecule has 3 aromatic rings. The lowest BCUT2D eigenvalue weighted by Crippen LogP contribution is -2.40. The number of nitrogens with zero attached hydrogens (tertiary/aromatic N) is 6. The van der Waals surface area contributed by atoms with Gasteiger partial charge < -0.3 is 4.90 Å². The molecule has 1 amide bonds. The van der Waals surface area contributed by atoms with Gasteiger partial charge in [-0.1, -0.05) is 35.5 Å². The van der Waals surface area contributed by atoms with Crippen LogP contribution in [0.2, 0.25) is 0 Å². The SMILES string of the molecule is Cc1ccn(CC(=O)N2CCC(n3cc(-c4ccccc4)nn3)CC2)n1. The van der Waals surface area contributed by atoms with Gasteiger partial charge in [-0.15, -0.1) is 5.10 Å². The summed E-state index contributed by atoms with van der Waals surface area (Å²) < 4.78 is 3.65. The number of amides is 1. The maximum atomic E-state index is 12.4. The summed E-state index contributed by atoms with van der Waals surface area (Å²) >= 11 is 0. The first-order valence-corrected chi connectivity index (χ1v) is 8.94. The fourth-order valence-corrected chi connectivity index (χ4v) is 3.37. The molecule has 0 radical (unpaired) electrons. The molecule has 1 saturated heterocycles. The molecule has 134 valence electrons. The van der Waals surface area contributed by atoms with Crippen molar-refractivity contribution >= 4 is 5.91 Å². The average Bonchev–Trinajstić information content (AvgIpc) is 3.32. The van der Waals surface area contributed by atoms with E-state index in [-0.39, 0.29) is 11.9 Å². The highest BCUT2D eigenvalue weighted by Gasteiger charge is 2.25. The van der Waals surface area contributed by atoms with E-state index in [1.165, 1.54) is 0 Å². The third kappa shape index (κ3) is 3.51. The molecule has 0 N–H and O–H groups in total. The van der Waals surface area contributed by atoms with E-state index < -0.39 is 0 Å². The lowest BCUT2D eigenvalue weighted by molar-refractivity contribution is -0.133. The first-order valence-electron chi connectivity index (χ1n) is 8.94. The van der Waals surface area contributed by atoms with E-state index in [1.54, 1.807) is 4.68 Å². The van der Waals surface area contributed by atoms with Crippen LogP contribution in [0.1, 0.15) is 24.6 Å². The third-order valence-corrected chi connectivity index (χ3v) is 4.84. The Bertz CT molecular complexity index is 876. The number of carbonyl (C=O) groups excluding carboxylic acids is 1. The molecule has 1 aromatic carbocycles. The normalized spacial score (nSPS) is 15.3. The molecule has 0 aliphatic carbocycles. The highest BCUT2D eigenvalue weighted by atomic mass is 16.2. The zero-order valence-corrected chi connectivity index (χ0v) is 14.8. The van der Waals surface area contributed by atoms with Crippen molar-refractivity contribution in [3.63, 3.8) is 0 Å². The second kappa shape index (κ2) is 7.11. The number of hydrogen-bond acceptors (Lipinski definition) is 4. The molecular weight excluding hydrogens is 328 g/mol. The van der Waals surface area contributed by atoms with Crippen LogP contribution >= 0.6 is 0 Å². The zero-order chi connectivity index (χ0) is 17.9. The number of benzene rings is 1. The van der Waals surface area contributed by atoms with Crippen LogP contribution in [0, 0.1) is 6.92 Å². The number of likely N-dealkylation sites (tertiary alicyclic amines) is 1. The Morgan fingerprint density at radius 2 is 1.92 bits per heavy atom. The van der Waals surface area contributed by atoms with Crippen LogP contribution in [-0.2, 0) is 11.3 Å². The van der Waals surface area contributed by atoms with Gasteiger partial charge in [0.15, 0.2) is 0 Å². The number of piperidine rings is 1. The molecule has 7 nitrogen and oxygen atoms in total. The van der Waals surface area contributed by atoms with Crippen LogP contribution in [0.3, 0.4) is 0 Å². The van der Waals surface area contributed by atoms with Crippen molar-refractivity contribution in [3.8, 4) is 11.3 Å². The van der Waals surface area contributed by atoms with Crippen molar-refractivity contribution < 1.29 is 4.79 Å². The Morgan fingerprint density at radius 1 is 1.15 bits per heavy atom. The molecule has 0 atom stereocenters. The van der Waals surface area contributed by atoms with E-state index >= 15 is 0 Å². The minimum atomic E-state index is 0.120. The molecule has 2 aromatic heterocycles. The van der Waals surface area contributed by atoms with Crippen LogP contribution in [0.15, 0.2) is 48.8 Å². The largest absolute Gasteiger partial charge is 0.341 e. The summed E-state index contributed by atoms with van der Waals surface area (Å²) in [6.07, 6.45) is 5.63. The van der Waals surface area contributed by atoms with Gasteiger partial charge in [-0.05, 0) is 25.8 Å². The number of carbonyl (C=O) groups is 1. The van der Waals surface area contributed by atoms with Gasteiger partial charge in [0.1, 0.15) is 12.2 Å². The lowest BCUT2D eigenvalue weighted by atomic mass is 10.1. The molecule has 0 unspecified atom stereocenters. The number of aromatic nitrogens is 5. The summed E-state index contributed by atoms with van der Waals surface area (Å²) in [5.41, 5.74) is 2.89. The fourth-order valence-electron chi connectivity index (χ4n) is 3.37. The predicted molar refractivity (Wildman–Crippen MR) is 97.3 cm³/mol. The van der Waals surface area contributed by atoms with Crippen LogP contribution in [-0.4, -0.2) is 48.7 Å². The Labute approximate surface area is 152 Å². The molecule has 1 aliphatic heterocycles. The number of hydrogen-bond donors (Lipinski definition) is 0. The van der Waals surface area contributed by atoms with Crippen molar-refractivity contribution in [2.45, 2.75) is 32.4 Å². The summed E-state index contributed by atoms with van der Waals surface area (Å²) in [6, 6.07) is 12.3. The van der Waals surface area contributed by atoms with Gasteiger partial charge in [0.25, 0.3) is 0 Å². The number of aryl methyl sites for hydroxylation is 1. The Morgan fingerprint density at radius 3 is 2.62 bits per heavy atom. The van der Waals surface area contributed by atoms with Gasteiger partial charge in [0, 0.05) is 24.8 Å². The lowest BCUT2D eigenvalue weighted by Gasteiger charge is -2.31. The summed E-state index contributed by atoms with van der Waals surface area (Å²) in [5, 5.41) is 12.9. The van der Waals surface area contributed by atoms with E-state index in [4.69, 9.17) is 0 Å². The van der Waals surface area contributed by atoms with Gasteiger partial charge >= 0.3 is 0 Å². The van der Waals surface area contributed by atoms with Crippen molar-refractivity contribution in [2.75, 3.05) is 13.1 Å². The molecule has 0 saturated carbocycles. The highest BCUT2D eigenvalue weighted by Crippen LogP contribution is 2.24. The van der Waals surface area contributed by atoms with Gasteiger partial charge in [-0.2, -0.15) is 5.10 Å². The molecule has 1 fully saturated rings. The summed E-state index contributed by atoms with van der Waals surface area (Å²) in [7, 11) is 0. The van der Waals surface area contributed by atoms with Crippen molar-refractivity contribution in [3.05, 3.63) is 54.5 Å². The Balaban J connectivity index is 1.35. The molecule has 1 aliphatic rings. The van der Waals surface area contributed by atoms with Crippen molar-refractivity contribution in [1.29, 1.82) is 0 Å². The van der Waals surface area contributed by atoms with E-state index in [9.17, 15) is 4.79 Å². The van der Waals surface area contributed by atoms with E-state index in [2.05, 4.69) is 15.4 Å². The molecule has 0 spiro atoms. The monoisotopic (exact) mass is 350 g/mol. The van der Waals surface area contributed by atoms with Gasteiger partial charge in [-0.25, -0.2) is 4.68 Å². The molecule has 4 rings (SSSR count). The minimum absolute atomic E-state index is 0.120. The van der Waals surface area contributed by atoms with Gasteiger partial charge in [0.2, 0.25) is 5.91 Å². The molecule has 7 heteroatoms. The summed E-state index contributed by atoms with van der Waals surface area (Å²) in [5.74, 6) is 0.120.